The molecule has 0 saturated heterocycles. The molecule has 234 valence electrons. The molecule has 8 nitrogen and oxygen atoms in total. The van der Waals surface area contributed by atoms with Crippen LogP contribution in [0.25, 0.3) is 10.8 Å². The zero-order valence-electron chi connectivity index (χ0n) is 26.1. The van der Waals surface area contributed by atoms with Gasteiger partial charge in [-0.15, -0.1) is 0 Å². The molecule has 0 radical (unpaired) electrons. The van der Waals surface area contributed by atoms with Crippen LogP contribution in [0.3, 0.4) is 0 Å². The van der Waals surface area contributed by atoms with Crippen LogP contribution in [0.1, 0.15) is 91.9 Å². The van der Waals surface area contributed by atoms with Gasteiger partial charge in [-0.3, -0.25) is 9.52 Å². The zero-order valence-corrected chi connectivity index (χ0v) is 26.9. The minimum Gasteiger partial charge on any atom is -0.338 e. The Hall–Kier alpha value is -3.59. The second kappa shape index (κ2) is 16.3. The Morgan fingerprint density at radius 1 is 0.674 bits per heavy atom. The van der Waals surface area contributed by atoms with Crippen molar-refractivity contribution < 1.29 is 18.0 Å². The highest BCUT2D eigenvalue weighted by atomic mass is 32.2. The van der Waals surface area contributed by atoms with Crippen molar-refractivity contribution in [2.75, 3.05) is 21.9 Å². The molecule has 0 aromatic heterocycles. The zero-order chi connectivity index (χ0) is 31.3. The van der Waals surface area contributed by atoms with Gasteiger partial charge in [-0.05, 0) is 42.8 Å². The SMILES string of the molecule is CCCCCCCCCCCCNC(=O)Nc1cccc2c(S(=O)(=O)Nc3ccc(NC(=O)C(C)(C)C)cc3)cccc12. The first-order valence-electron chi connectivity index (χ1n) is 15.5. The number of fused-ring (bicyclic) bond motifs is 1. The lowest BCUT2D eigenvalue weighted by atomic mass is 9.95. The van der Waals surface area contributed by atoms with E-state index in [2.05, 4.69) is 27.6 Å². The van der Waals surface area contributed by atoms with E-state index in [1.54, 1.807) is 54.6 Å². The standard InChI is InChI=1S/C34H48N4O4S/c1-5-6-7-8-9-10-11-12-13-14-25-35-33(40)37-30-19-15-18-29-28(30)17-16-20-31(29)43(41,42)38-27-23-21-26(22-24-27)36-32(39)34(2,3)4/h15-24,38H,5-14,25H2,1-4H3,(H,36,39)(H2,35,37,40). The number of sulfonamides is 1. The molecule has 0 spiro atoms. The monoisotopic (exact) mass is 608 g/mol. The van der Waals surface area contributed by atoms with E-state index in [1.165, 1.54) is 57.4 Å². The number of urea groups is 1. The summed E-state index contributed by atoms with van der Waals surface area (Å²) < 4.78 is 29.4. The summed E-state index contributed by atoms with van der Waals surface area (Å²) in [5.41, 5.74) is 0.936. The van der Waals surface area contributed by atoms with Gasteiger partial charge in [-0.25, -0.2) is 13.2 Å². The highest BCUT2D eigenvalue weighted by molar-refractivity contribution is 7.93. The van der Waals surface area contributed by atoms with Crippen LogP contribution >= 0.6 is 0 Å². The number of anilines is 3. The van der Waals surface area contributed by atoms with Crippen LogP contribution in [0.5, 0.6) is 0 Å². The summed E-state index contributed by atoms with van der Waals surface area (Å²) in [6.45, 7) is 8.29. The quantitative estimate of drug-likeness (QED) is 0.122. The van der Waals surface area contributed by atoms with Crippen molar-refractivity contribution >= 4 is 49.8 Å². The van der Waals surface area contributed by atoms with Crippen LogP contribution in [0.2, 0.25) is 0 Å². The predicted molar refractivity (Wildman–Crippen MR) is 178 cm³/mol. The number of rotatable bonds is 16. The topological polar surface area (TPSA) is 116 Å². The summed E-state index contributed by atoms with van der Waals surface area (Å²) in [5.74, 6) is -0.131. The average molecular weight is 609 g/mol. The first-order valence-corrected chi connectivity index (χ1v) is 17.0. The number of hydrogen-bond donors (Lipinski definition) is 4. The molecule has 0 aliphatic rings. The molecule has 0 aliphatic heterocycles. The first kappa shape index (κ1) is 33.9. The van der Waals surface area contributed by atoms with Crippen molar-refractivity contribution in [2.24, 2.45) is 5.41 Å². The molecule has 9 heteroatoms. The Bertz CT molecular complexity index is 1450. The van der Waals surface area contributed by atoms with Crippen LogP contribution in [0.15, 0.2) is 65.6 Å². The van der Waals surface area contributed by atoms with E-state index in [0.29, 0.717) is 34.4 Å². The maximum atomic E-state index is 13.4. The summed E-state index contributed by atoms with van der Waals surface area (Å²) in [6, 6.07) is 16.4. The molecule has 0 heterocycles. The van der Waals surface area contributed by atoms with E-state index >= 15 is 0 Å². The normalized spacial score (nSPS) is 11.7. The van der Waals surface area contributed by atoms with Gasteiger partial charge in [0.25, 0.3) is 10.0 Å². The summed E-state index contributed by atoms with van der Waals surface area (Å²) in [7, 11) is -3.94. The molecule has 0 saturated carbocycles. The van der Waals surface area contributed by atoms with Gasteiger partial charge in [0.2, 0.25) is 5.91 Å². The molecule has 3 amide bonds. The van der Waals surface area contributed by atoms with E-state index < -0.39 is 15.4 Å². The van der Waals surface area contributed by atoms with E-state index in [9.17, 15) is 18.0 Å². The smallest absolute Gasteiger partial charge is 0.319 e. The summed E-state index contributed by atoms with van der Waals surface area (Å²) in [4.78, 5) is 25.0. The average Bonchev–Trinajstić information content (AvgIpc) is 2.96. The summed E-state index contributed by atoms with van der Waals surface area (Å²) >= 11 is 0. The summed E-state index contributed by atoms with van der Waals surface area (Å²) in [6.07, 6.45) is 12.3. The number of nitrogens with one attached hydrogen (secondary N) is 4. The molecule has 0 atom stereocenters. The minimum atomic E-state index is -3.94. The number of amides is 3. The summed E-state index contributed by atoms with van der Waals surface area (Å²) in [5, 5.41) is 9.75. The number of hydrogen-bond acceptors (Lipinski definition) is 4. The molecular formula is C34H48N4O4S. The van der Waals surface area contributed by atoms with Crippen LogP contribution in [-0.2, 0) is 14.8 Å². The predicted octanol–water partition coefficient (Wildman–Crippen LogP) is 8.67. The molecule has 0 fully saturated rings. The van der Waals surface area contributed by atoms with Crippen molar-refractivity contribution in [1.29, 1.82) is 0 Å². The lowest BCUT2D eigenvalue weighted by Gasteiger charge is -2.18. The highest BCUT2D eigenvalue weighted by Crippen LogP contribution is 2.30. The van der Waals surface area contributed by atoms with E-state index in [-0.39, 0.29) is 16.8 Å². The van der Waals surface area contributed by atoms with Crippen molar-refractivity contribution in [3.05, 3.63) is 60.7 Å². The Balaban J connectivity index is 1.55. The van der Waals surface area contributed by atoms with Gasteiger partial charge in [-0.2, -0.15) is 0 Å². The van der Waals surface area contributed by atoms with Crippen molar-refractivity contribution in [1.82, 2.24) is 5.32 Å². The van der Waals surface area contributed by atoms with Crippen molar-refractivity contribution in [3.63, 3.8) is 0 Å². The molecule has 3 aromatic rings. The van der Waals surface area contributed by atoms with E-state index in [0.717, 1.165) is 12.8 Å². The lowest BCUT2D eigenvalue weighted by Crippen LogP contribution is -2.29. The molecule has 0 bridgehead atoms. The third-order valence-electron chi connectivity index (χ3n) is 7.31. The minimum absolute atomic E-state index is 0.101. The van der Waals surface area contributed by atoms with E-state index in [1.807, 2.05) is 20.8 Å². The van der Waals surface area contributed by atoms with E-state index in [4.69, 9.17) is 0 Å². The van der Waals surface area contributed by atoms with Gasteiger partial charge in [0.1, 0.15) is 0 Å². The fraction of sp³-hybridized carbons (Fsp3) is 0.471. The Kier molecular flexibility index (Phi) is 12.9. The fourth-order valence-corrected chi connectivity index (χ4v) is 6.04. The Labute approximate surface area is 257 Å². The van der Waals surface area contributed by atoms with Gasteiger partial charge >= 0.3 is 6.03 Å². The van der Waals surface area contributed by atoms with Gasteiger partial charge in [0, 0.05) is 34.1 Å². The molecular weight excluding hydrogens is 560 g/mol. The third-order valence-corrected chi connectivity index (χ3v) is 8.75. The maximum Gasteiger partial charge on any atom is 0.319 e. The lowest BCUT2D eigenvalue weighted by molar-refractivity contribution is -0.123. The van der Waals surface area contributed by atoms with Crippen molar-refractivity contribution in [3.8, 4) is 0 Å². The number of unbranched alkanes of at least 4 members (excludes halogenated alkanes) is 9. The third kappa shape index (κ3) is 10.9. The van der Waals surface area contributed by atoms with Gasteiger partial charge in [0.15, 0.2) is 0 Å². The second-order valence-electron chi connectivity index (χ2n) is 12.1. The molecule has 4 N–H and O–H groups in total. The largest absolute Gasteiger partial charge is 0.338 e. The molecule has 3 rings (SSSR count). The van der Waals surface area contributed by atoms with Crippen LogP contribution < -0.4 is 20.7 Å². The Morgan fingerprint density at radius 3 is 1.86 bits per heavy atom. The number of benzene rings is 3. The molecule has 0 unspecified atom stereocenters. The number of carbonyl (C=O) groups excluding carboxylic acids is 2. The second-order valence-corrected chi connectivity index (χ2v) is 13.8. The van der Waals surface area contributed by atoms with Crippen LogP contribution in [-0.4, -0.2) is 26.9 Å². The molecule has 3 aromatic carbocycles. The highest BCUT2D eigenvalue weighted by Gasteiger charge is 2.22. The Morgan fingerprint density at radius 2 is 1.23 bits per heavy atom. The van der Waals surface area contributed by atoms with Gasteiger partial charge in [-0.1, -0.05) is 110 Å². The maximum absolute atomic E-state index is 13.4. The van der Waals surface area contributed by atoms with Gasteiger partial charge < -0.3 is 16.0 Å². The van der Waals surface area contributed by atoms with Crippen LogP contribution in [0.4, 0.5) is 21.9 Å². The van der Waals surface area contributed by atoms with Crippen LogP contribution in [0, 0.1) is 5.41 Å². The van der Waals surface area contributed by atoms with Crippen molar-refractivity contribution in [2.45, 2.75) is 96.8 Å². The van der Waals surface area contributed by atoms with Gasteiger partial charge in [0.05, 0.1) is 10.6 Å². The molecule has 43 heavy (non-hydrogen) atoms. The fourth-order valence-electron chi connectivity index (χ4n) is 4.76. The first-order chi connectivity index (χ1) is 20.5. The molecule has 0 aliphatic carbocycles. The number of carbonyl (C=O) groups is 2.